The number of carbonyl (C=O) groups excluding carboxylic acids is 1. The molecule has 0 saturated heterocycles. The summed E-state index contributed by atoms with van der Waals surface area (Å²) < 4.78 is 43.2. The molecule has 0 atom stereocenters. The Morgan fingerprint density at radius 3 is 2.64 bits per heavy atom. The molecule has 1 N–H and O–H groups in total. The fourth-order valence-electron chi connectivity index (χ4n) is 2.26. The molecule has 2 aromatic carbocycles. The molecule has 0 bridgehead atoms. The Morgan fingerprint density at radius 1 is 1.20 bits per heavy atom. The van der Waals surface area contributed by atoms with Crippen molar-refractivity contribution in [2.75, 3.05) is 7.11 Å². The van der Waals surface area contributed by atoms with Crippen molar-refractivity contribution in [1.82, 2.24) is 5.32 Å². The van der Waals surface area contributed by atoms with Gasteiger partial charge in [-0.15, -0.1) is 0 Å². The van der Waals surface area contributed by atoms with E-state index < -0.39 is 17.6 Å². The smallest absolute Gasteiger partial charge is 0.416 e. The zero-order valence-electron chi connectivity index (χ0n) is 13.9. The Kier molecular flexibility index (Phi) is 5.85. The third-order valence-electron chi connectivity index (χ3n) is 3.52. The summed E-state index contributed by atoms with van der Waals surface area (Å²) in [7, 11) is 1.54. The van der Waals surface area contributed by atoms with Crippen molar-refractivity contribution in [2.45, 2.75) is 19.6 Å². The van der Waals surface area contributed by atoms with Crippen molar-refractivity contribution in [3.8, 4) is 5.75 Å². The maximum atomic E-state index is 12.7. The molecule has 25 heavy (non-hydrogen) atoms. The first kappa shape index (κ1) is 18.6. The molecule has 3 nitrogen and oxygen atoms in total. The number of halogens is 3. The van der Waals surface area contributed by atoms with Crippen LogP contribution in [0.3, 0.4) is 0 Å². The highest BCUT2D eigenvalue weighted by atomic mass is 19.4. The van der Waals surface area contributed by atoms with Gasteiger partial charge in [-0.2, -0.15) is 13.2 Å². The number of benzene rings is 2. The molecule has 0 heterocycles. The number of carbonyl (C=O) groups is 1. The molecule has 1 amide bonds. The van der Waals surface area contributed by atoms with Crippen molar-refractivity contribution in [2.24, 2.45) is 0 Å². The number of rotatable bonds is 5. The van der Waals surface area contributed by atoms with E-state index in [1.54, 1.807) is 12.1 Å². The van der Waals surface area contributed by atoms with Crippen LogP contribution < -0.4 is 10.1 Å². The van der Waals surface area contributed by atoms with E-state index in [9.17, 15) is 18.0 Å². The van der Waals surface area contributed by atoms with Gasteiger partial charge in [-0.3, -0.25) is 4.79 Å². The highest BCUT2D eigenvalue weighted by molar-refractivity contribution is 5.92. The summed E-state index contributed by atoms with van der Waals surface area (Å²) in [6.07, 6.45) is -1.47. The van der Waals surface area contributed by atoms with Crippen LogP contribution in [0.15, 0.2) is 48.5 Å². The van der Waals surface area contributed by atoms with Crippen molar-refractivity contribution in [1.29, 1.82) is 0 Å². The normalized spacial score (nSPS) is 11.6. The Labute approximate surface area is 144 Å². The number of alkyl halides is 3. The van der Waals surface area contributed by atoms with Crippen LogP contribution in [0.25, 0.3) is 6.08 Å². The van der Waals surface area contributed by atoms with E-state index in [-0.39, 0.29) is 6.54 Å². The molecule has 0 aliphatic rings. The summed E-state index contributed by atoms with van der Waals surface area (Å²) in [6.45, 7) is 1.93. The van der Waals surface area contributed by atoms with Gasteiger partial charge in [0.05, 0.1) is 12.7 Å². The van der Waals surface area contributed by atoms with Crippen molar-refractivity contribution >= 4 is 12.0 Å². The SMILES string of the molecule is COc1ccc(C)cc1/C=C/C(=O)NCc1cccc(C(F)(F)F)c1. The van der Waals surface area contributed by atoms with E-state index in [4.69, 9.17) is 4.74 Å². The number of aryl methyl sites for hydroxylation is 1. The average molecular weight is 349 g/mol. The third kappa shape index (κ3) is 5.38. The van der Waals surface area contributed by atoms with E-state index >= 15 is 0 Å². The number of amides is 1. The molecule has 0 aromatic heterocycles. The Morgan fingerprint density at radius 2 is 1.96 bits per heavy atom. The molecule has 0 radical (unpaired) electrons. The van der Waals surface area contributed by atoms with Crippen LogP contribution in [-0.4, -0.2) is 13.0 Å². The van der Waals surface area contributed by atoms with Gasteiger partial charge in [-0.05, 0) is 42.8 Å². The highest BCUT2D eigenvalue weighted by Crippen LogP contribution is 2.29. The summed E-state index contributed by atoms with van der Waals surface area (Å²) in [5.74, 6) is 0.230. The fourth-order valence-corrected chi connectivity index (χ4v) is 2.26. The largest absolute Gasteiger partial charge is 0.496 e. The van der Waals surface area contributed by atoms with Gasteiger partial charge >= 0.3 is 6.18 Å². The first-order valence-corrected chi connectivity index (χ1v) is 7.56. The lowest BCUT2D eigenvalue weighted by molar-refractivity contribution is -0.137. The Balaban J connectivity index is 2.01. The molecule has 6 heteroatoms. The van der Waals surface area contributed by atoms with E-state index in [1.807, 2.05) is 19.1 Å². The first-order chi connectivity index (χ1) is 11.8. The summed E-state index contributed by atoms with van der Waals surface area (Å²) in [6, 6.07) is 10.4. The molecule has 2 aromatic rings. The summed E-state index contributed by atoms with van der Waals surface area (Å²) in [4.78, 5) is 11.9. The van der Waals surface area contributed by atoms with Crippen LogP contribution in [0, 0.1) is 6.92 Å². The zero-order chi connectivity index (χ0) is 18.4. The molecule has 2 rings (SSSR count). The second-order valence-corrected chi connectivity index (χ2v) is 5.49. The van der Waals surface area contributed by atoms with Crippen LogP contribution in [0.2, 0.25) is 0 Å². The monoisotopic (exact) mass is 349 g/mol. The fraction of sp³-hybridized carbons (Fsp3) is 0.211. The third-order valence-corrected chi connectivity index (χ3v) is 3.52. The lowest BCUT2D eigenvalue weighted by Gasteiger charge is -2.09. The average Bonchev–Trinajstić information content (AvgIpc) is 2.58. The number of hydrogen-bond donors (Lipinski definition) is 1. The van der Waals surface area contributed by atoms with Crippen LogP contribution in [0.4, 0.5) is 13.2 Å². The molecule has 0 aliphatic heterocycles. The molecule has 0 fully saturated rings. The second-order valence-electron chi connectivity index (χ2n) is 5.49. The highest BCUT2D eigenvalue weighted by Gasteiger charge is 2.30. The Bertz CT molecular complexity index is 782. The van der Waals surface area contributed by atoms with Crippen LogP contribution in [0.5, 0.6) is 5.75 Å². The van der Waals surface area contributed by atoms with Gasteiger partial charge < -0.3 is 10.1 Å². The molecule has 0 unspecified atom stereocenters. The maximum absolute atomic E-state index is 12.7. The van der Waals surface area contributed by atoms with Gasteiger partial charge in [0, 0.05) is 18.2 Å². The Hall–Kier alpha value is -2.76. The quantitative estimate of drug-likeness (QED) is 0.815. The van der Waals surface area contributed by atoms with Crippen LogP contribution >= 0.6 is 0 Å². The number of hydrogen-bond acceptors (Lipinski definition) is 2. The number of methoxy groups -OCH3 is 1. The van der Waals surface area contributed by atoms with E-state index in [2.05, 4.69) is 5.32 Å². The minimum Gasteiger partial charge on any atom is -0.496 e. The molecular formula is C19H18F3NO2. The molecule has 0 aliphatic carbocycles. The second kappa shape index (κ2) is 7.88. The van der Waals surface area contributed by atoms with Crippen LogP contribution in [0.1, 0.15) is 22.3 Å². The lowest BCUT2D eigenvalue weighted by atomic mass is 10.1. The van der Waals surface area contributed by atoms with Gasteiger partial charge in [0.15, 0.2) is 0 Å². The molecule has 132 valence electrons. The standard InChI is InChI=1S/C19H18F3NO2/c1-13-6-8-17(25-2)15(10-13)7-9-18(24)23-12-14-4-3-5-16(11-14)19(20,21)22/h3-11H,12H2,1-2H3,(H,23,24)/b9-7+. The van der Waals surface area contributed by atoms with Gasteiger partial charge in [0.1, 0.15) is 5.75 Å². The molecular weight excluding hydrogens is 331 g/mol. The van der Waals surface area contributed by atoms with Gasteiger partial charge in [-0.1, -0.05) is 23.8 Å². The van der Waals surface area contributed by atoms with Crippen LogP contribution in [-0.2, 0) is 17.5 Å². The van der Waals surface area contributed by atoms with Crippen molar-refractivity contribution in [3.63, 3.8) is 0 Å². The predicted octanol–water partition coefficient (Wildman–Crippen LogP) is 4.35. The maximum Gasteiger partial charge on any atom is 0.416 e. The van der Waals surface area contributed by atoms with E-state index in [0.29, 0.717) is 11.3 Å². The van der Waals surface area contributed by atoms with Gasteiger partial charge in [-0.25, -0.2) is 0 Å². The molecule has 0 saturated carbocycles. The summed E-state index contributed by atoms with van der Waals surface area (Å²) >= 11 is 0. The summed E-state index contributed by atoms with van der Waals surface area (Å²) in [5, 5.41) is 2.57. The number of ether oxygens (including phenoxy) is 1. The van der Waals surface area contributed by atoms with Crippen molar-refractivity contribution < 1.29 is 22.7 Å². The minimum absolute atomic E-state index is 0.0120. The minimum atomic E-state index is -4.40. The van der Waals surface area contributed by atoms with Crippen molar-refractivity contribution in [3.05, 3.63) is 70.8 Å². The molecule has 0 spiro atoms. The first-order valence-electron chi connectivity index (χ1n) is 7.56. The lowest BCUT2D eigenvalue weighted by Crippen LogP contribution is -2.20. The van der Waals surface area contributed by atoms with E-state index in [0.717, 1.165) is 23.3 Å². The van der Waals surface area contributed by atoms with E-state index in [1.165, 1.54) is 25.3 Å². The topological polar surface area (TPSA) is 38.3 Å². The van der Waals surface area contributed by atoms with Gasteiger partial charge in [0.2, 0.25) is 5.91 Å². The zero-order valence-corrected chi connectivity index (χ0v) is 13.9. The number of nitrogens with one attached hydrogen (secondary N) is 1. The van der Waals surface area contributed by atoms with Gasteiger partial charge in [0.25, 0.3) is 0 Å². The summed E-state index contributed by atoms with van der Waals surface area (Å²) in [5.41, 5.74) is 1.41. The predicted molar refractivity (Wildman–Crippen MR) is 90.1 cm³/mol.